The number of hydrogen-bond donors (Lipinski definition) is 1. The van der Waals surface area contributed by atoms with Gasteiger partial charge in [0.15, 0.2) is 0 Å². The van der Waals surface area contributed by atoms with E-state index >= 15 is 0 Å². The molecule has 0 aromatic heterocycles. The third kappa shape index (κ3) is 4.17. The van der Waals surface area contributed by atoms with Gasteiger partial charge in [-0.05, 0) is 23.3 Å². The molecule has 28 heavy (non-hydrogen) atoms. The van der Waals surface area contributed by atoms with Gasteiger partial charge in [-0.1, -0.05) is 54.1 Å². The summed E-state index contributed by atoms with van der Waals surface area (Å²) in [6.45, 7) is 0. The number of nitrogens with zero attached hydrogens (tertiary/aromatic N) is 2. The fourth-order valence-corrected chi connectivity index (χ4v) is 3.65. The minimum Gasteiger partial charge on any atom is -0.481 e. The highest BCUT2D eigenvalue weighted by atomic mass is 35.5. The van der Waals surface area contributed by atoms with Gasteiger partial charge in [0.25, 0.3) is 0 Å². The van der Waals surface area contributed by atoms with Crippen LogP contribution in [0.5, 0.6) is 0 Å². The third-order valence-corrected chi connectivity index (χ3v) is 5.13. The van der Waals surface area contributed by atoms with Crippen LogP contribution in [-0.2, 0) is 20.8 Å². The van der Waals surface area contributed by atoms with E-state index < -0.39 is 18.2 Å². The molecule has 2 atom stereocenters. The minimum atomic E-state index is -1.05. The molecular weight excluding hydrogens is 380 g/mol. The lowest BCUT2D eigenvalue weighted by Gasteiger charge is -2.30. The first-order valence-corrected chi connectivity index (χ1v) is 9.35. The van der Waals surface area contributed by atoms with Crippen LogP contribution >= 0.6 is 11.6 Å². The molecule has 0 spiro atoms. The van der Waals surface area contributed by atoms with E-state index in [1.54, 1.807) is 31.3 Å². The average Bonchev–Trinajstić information content (AvgIpc) is 2.92. The molecular formula is C21H21ClN2O4. The highest BCUT2D eigenvalue weighted by Gasteiger charge is 2.47. The molecule has 0 aliphatic carbocycles. The first kappa shape index (κ1) is 19.9. The zero-order chi connectivity index (χ0) is 20.3. The van der Waals surface area contributed by atoms with E-state index in [-0.39, 0.29) is 24.7 Å². The monoisotopic (exact) mass is 400 g/mol. The van der Waals surface area contributed by atoms with Crippen LogP contribution in [-0.4, -0.2) is 45.8 Å². The van der Waals surface area contributed by atoms with Crippen LogP contribution in [0, 0.1) is 0 Å². The molecule has 2 aromatic carbocycles. The summed E-state index contributed by atoms with van der Waals surface area (Å²) in [7, 11) is 1.66. The summed E-state index contributed by atoms with van der Waals surface area (Å²) in [5.74, 6) is -1.58. The Morgan fingerprint density at radius 3 is 2.29 bits per heavy atom. The Morgan fingerprint density at radius 2 is 1.68 bits per heavy atom. The number of hydrogen-bond acceptors (Lipinski definition) is 3. The molecule has 2 amide bonds. The number of likely N-dealkylation sites (N-methyl/N-ethyl adjacent to an activating group) is 1. The molecule has 1 N–H and O–H groups in total. The summed E-state index contributed by atoms with van der Waals surface area (Å²) < 4.78 is 0. The van der Waals surface area contributed by atoms with Gasteiger partial charge in [0.2, 0.25) is 11.8 Å². The topological polar surface area (TPSA) is 77.9 Å². The number of carbonyl (C=O) groups excluding carboxylic acids is 2. The van der Waals surface area contributed by atoms with Crippen molar-refractivity contribution in [3.05, 3.63) is 70.7 Å². The van der Waals surface area contributed by atoms with Gasteiger partial charge in [-0.25, -0.2) is 0 Å². The number of carboxylic acid groups (broad SMARTS) is 1. The van der Waals surface area contributed by atoms with Crippen molar-refractivity contribution in [1.29, 1.82) is 0 Å². The zero-order valence-electron chi connectivity index (χ0n) is 15.4. The number of benzene rings is 2. The van der Waals surface area contributed by atoms with Gasteiger partial charge in [0.1, 0.15) is 12.2 Å². The summed E-state index contributed by atoms with van der Waals surface area (Å²) in [6.07, 6.45) is -0.669. The maximum absolute atomic E-state index is 13.0. The Kier molecular flexibility index (Phi) is 5.99. The Balaban J connectivity index is 1.96. The van der Waals surface area contributed by atoms with Crippen molar-refractivity contribution >= 4 is 29.4 Å². The second-order valence-electron chi connectivity index (χ2n) is 6.77. The highest BCUT2D eigenvalue weighted by molar-refractivity contribution is 6.30. The average molecular weight is 401 g/mol. The minimum absolute atomic E-state index is 0.161. The summed E-state index contributed by atoms with van der Waals surface area (Å²) >= 11 is 5.98. The largest absolute Gasteiger partial charge is 0.481 e. The molecule has 1 aliphatic heterocycles. The summed E-state index contributed by atoms with van der Waals surface area (Å²) in [6, 6.07) is 15.7. The molecule has 0 radical (unpaired) electrons. The van der Waals surface area contributed by atoms with Gasteiger partial charge in [-0.3, -0.25) is 14.4 Å². The molecule has 0 bridgehead atoms. The van der Waals surface area contributed by atoms with Crippen molar-refractivity contribution < 1.29 is 19.5 Å². The van der Waals surface area contributed by atoms with E-state index in [1.165, 1.54) is 9.80 Å². The molecule has 146 valence electrons. The Labute approximate surface area is 168 Å². The molecule has 3 rings (SSSR count). The van der Waals surface area contributed by atoms with Crippen LogP contribution in [0.25, 0.3) is 0 Å². The van der Waals surface area contributed by atoms with Gasteiger partial charge in [0.05, 0.1) is 6.42 Å². The van der Waals surface area contributed by atoms with E-state index in [9.17, 15) is 14.4 Å². The first-order valence-electron chi connectivity index (χ1n) is 8.97. The van der Waals surface area contributed by atoms with Crippen LogP contribution in [0.3, 0.4) is 0 Å². The number of rotatable bonds is 6. The second-order valence-corrected chi connectivity index (χ2v) is 7.21. The Bertz CT molecular complexity index is 870. The van der Waals surface area contributed by atoms with Crippen molar-refractivity contribution in [3.63, 3.8) is 0 Å². The third-order valence-electron chi connectivity index (χ3n) is 4.88. The maximum atomic E-state index is 13.0. The molecule has 6 nitrogen and oxygen atoms in total. The standard InChI is InChI=1S/C21H21ClN2O4/c1-23-20(15-7-9-16(22)10-8-15)24(18(25)11-12-19(26)27)17(21(23)28)13-14-5-3-2-4-6-14/h2-10,17,20H,11-13H2,1H3,(H,26,27)/t17-,20?/m1/s1. The Morgan fingerprint density at radius 1 is 1.04 bits per heavy atom. The molecule has 1 saturated heterocycles. The molecule has 1 fully saturated rings. The molecule has 7 heteroatoms. The van der Waals surface area contributed by atoms with Crippen molar-refractivity contribution in [2.24, 2.45) is 0 Å². The second kappa shape index (κ2) is 8.44. The number of halogens is 1. The number of carboxylic acids is 1. The van der Waals surface area contributed by atoms with Crippen molar-refractivity contribution in [1.82, 2.24) is 9.80 Å². The van der Waals surface area contributed by atoms with Crippen LogP contribution in [0.2, 0.25) is 5.02 Å². The highest BCUT2D eigenvalue weighted by Crippen LogP contribution is 2.36. The lowest BCUT2D eigenvalue weighted by atomic mass is 10.0. The van der Waals surface area contributed by atoms with Crippen LogP contribution in [0.4, 0.5) is 0 Å². The fraction of sp³-hybridized carbons (Fsp3) is 0.286. The molecule has 1 heterocycles. The van der Waals surface area contributed by atoms with Gasteiger partial charge in [-0.15, -0.1) is 0 Å². The first-order chi connectivity index (χ1) is 13.4. The van der Waals surface area contributed by atoms with Gasteiger partial charge < -0.3 is 14.9 Å². The molecule has 2 aromatic rings. The van der Waals surface area contributed by atoms with Crippen LogP contribution in [0.15, 0.2) is 54.6 Å². The van der Waals surface area contributed by atoms with E-state index in [0.29, 0.717) is 11.4 Å². The number of amides is 2. The molecule has 0 saturated carbocycles. The van der Waals surface area contributed by atoms with Gasteiger partial charge in [0, 0.05) is 24.9 Å². The molecule has 1 unspecified atom stereocenters. The quantitative estimate of drug-likeness (QED) is 0.808. The number of aliphatic carboxylic acids is 1. The van der Waals surface area contributed by atoms with E-state index in [2.05, 4.69) is 0 Å². The Hall–Kier alpha value is -2.86. The summed E-state index contributed by atoms with van der Waals surface area (Å²) in [4.78, 5) is 40.0. The summed E-state index contributed by atoms with van der Waals surface area (Å²) in [5, 5.41) is 9.52. The predicted molar refractivity (Wildman–Crippen MR) is 105 cm³/mol. The van der Waals surface area contributed by atoms with E-state index in [0.717, 1.165) is 11.1 Å². The normalized spacial score (nSPS) is 19.1. The lowest BCUT2D eigenvalue weighted by molar-refractivity contribution is -0.142. The predicted octanol–water partition coefficient (Wildman–Crippen LogP) is 3.12. The van der Waals surface area contributed by atoms with E-state index in [4.69, 9.17) is 16.7 Å². The van der Waals surface area contributed by atoms with Crippen LogP contribution < -0.4 is 0 Å². The lowest BCUT2D eigenvalue weighted by Crippen LogP contribution is -2.41. The van der Waals surface area contributed by atoms with E-state index in [1.807, 2.05) is 30.3 Å². The molecule has 1 aliphatic rings. The zero-order valence-corrected chi connectivity index (χ0v) is 16.2. The SMILES string of the molecule is CN1C(=O)[C@@H](Cc2ccccc2)N(C(=O)CCC(=O)O)C1c1ccc(Cl)cc1. The summed E-state index contributed by atoms with van der Waals surface area (Å²) in [5.41, 5.74) is 1.68. The van der Waals surface area contributed by atoms with Crippen molar-refractivity contribution in [3.8, 4) is 0 Å². The van der Waals surface area contributed by atoms with Crippen molar-refractivity contribution in [2.45, 2.75) is 31.5 Å². The van der Waals surface area contributed by atoms with Gasteiger partial charge in [-0.2, -0.15) is 0 Å². The number of carbonyl (C=O) groups is 3. The van der Waals surface area contributed by atoms with Crippen LogP contribution in [0.1, 0.15) is 30.1 Å². The van der Waals surface area contributed by atoms with Crippen molar-refractivity contribution in [2.75, 3.05) is 7.05 Å². The fourth-order valence-electron chi connectivity index (χ4n) is 3.53. The maximum Gasteiger partial charge on any atom is 0.303 e. The smallest absolute Gasteiger partial charge is 0.303 e. The van der Waals surface area contributed by atoms with Gasteiger partial charge >= 0.3 is 5.97 Å².